The lowest BCUT2D eigenvalue weighted by atomic mass is 10.2. The maximum absolute atomic E-state index is 12.1. The fourth-order valence-corrected chi connectivity index (χ4v) is 2.12. The number of hydrogen-bond donors (Lipinski definition) is 3. The van der Waals surface area contributed by atoms with E-state index < -0.39 is 0 Å². The number of nitrogens with zero attached hydrogens (tertiary/aromatic N) is 1. The second-order valence-electron chi connectivity index (χ2n) is 4.96. The van der Waals surface area contributed by atoms with Crippen LogP contribution in [0, 0.1) is 0 Å². The third kappa shape index (κ3) is 4.21. The highest BCUT2D eigenvalue weighted by atomic mass is 16.2. The van der Waals surface area contributed by atoms with Crippen LogP contribution in [0.1, 0.15) is 23.7 Å². The lowest BCUT2D eigenvalue weighted by molar-refractivity contribution is -0.115. The zero-order chi connectivity index (χ0) is 15.9. The zero-order valence-electron chi connectivity index (χ0n) is 12.5. The summed E-state index contributed by atoms with van der Waals surface area (Å²) in [6.07, 6.45) is 0.383. The molecule has 1 aliphatic rings. The van der Waals surface area contributed by atoms with Gasteiger partial charge in [0.1, 0.15) is 0 Å². The summed E-state index contributed by atoms with van der Waals surface area (Å²) in [6, 6.07) is 6.66. The number of amides is 4. The predicted octanol–water partition coefficient (Wildman–Crippen LogP) is 0.790. The molecule has 1 aromatic carbocycles. The molecule has 2 rings (SSSR count). The molecule has 1 fully saturated rings. The van der Waals surface area contributed by atoms with Crippen LogP contribution in [0.4, 0.5) is 10.5 Å². The Kier molecular flexibility index (Phi) is 5.35. The van der Waals surface area contributed by atoms with Crippen molar-refractivity contribution in [2.45, 2.75) is 13.3 Å². The molecule has 3 N–H and O–H groups in total. The molecular formula is C15H20N4O3. The van der Waals surface area contributed by atoms with E-state index in [1.165, 1.54) is 0 Å². The van der Waals surface area contributed by atoms with Crippen LogP contribution in [0.5, 0.6) is 0 Å². The van der Waals surface area contributed by atoms with Crippen molar-refractivity contribution >= 4 is 23.5 Å². The third-order valence-corrected chi connectivity index (χ3v) is 3.34. The summed E-state index contributed by atoms with van der Waals surface area (Å²) in [4.78, 5) is 36.4. The molecule has 0 spiro atoms. The van der Waals surface area contributed by atoms with Crippen molar-refractivity contribution in [2.24, 2.45) is 0 Å². The van der Waals surface area contributed by atoms with Crippen LogP contribution in [0.3, 0.4) is 0 Å². The molecule has 0 unspecified atom stereocenters. The minimum Gasteiger partial charge on any atom is -0.350 e. The topological polar surface area (TPSA) is 90.5 Å². The van der Waals surface area contributed by atoms with E-state index in [0.29, 0.717) is 43.9 Å². The molecular weight excluding hydrogens is 284 g/mol. The van der Waals surface area contributed by atoms with E-state index in [-0.39, 0.29) is 17.8 Å². The van der Waals surface area contributed by atoms with Crippen LogP contribution in [0.2, 0.25) is 0 Å². The van der Waals surface area contributed by atoms with Crippen molar-refractivity contribution in [1.82, 2.24) is 15.5 Å². The van der Waals surface area contributed by atoms with Gasteiger partial charge in [-0.3, -0.25) is 9.59 Å². The Morgan fingerprint density at radius 1 is 1.36 bits per heavy atom. The summed E-state index contributed by atoms with van der Waals surface area (Å²) in [5, 5.41) is 8.19. The maximum Gasteiger partial charge on any atom is 0.317 e. The van der Waals surface area contributed by atoms with E-state index >= 15 is 0 Å². The van der Waals surface area contributed by atoms with E-state index in [1.54, 1.807) is 36.1 Å². The molecule has 0 aliphatic carbocycles. The number of anilines is 1. The largest absolute Gasteiger partial charge is 0.350 e. The van der Waals surface area contributed by atoms with Crippen molar-refractivity contribution in [3.8, 4) is 0 Å². The first-order chi connectivity index (χ1) is 10.6. The summed E-state index contributed by atoms with van der Waals surface area (Å²) in [5.41, 5.74) is 1.07. The Morgan fingerprint density at radius 2 is 2.18 bits per heavy atom. The van der Waals surface area contributed by atoms with E-state index in [4.69, 9.17) is 0 Å². The smallest absolute Gasteiger partial charge is 0.317 e. The van der Waals surface area contributed by atoms with Gasteiger partial charge in [-0.2, -0.15) is 0 Å². The maximum atomic E-state index is 12.1. The quantitative estimate of drug-likeness (QED) is 0.726. The van der Waals surface area contributed by atoms with Gasteiger partial charge in [0, 0.05) is 43.9 Å². The lowest BCUT2D eigenvalue weighted by Crippen LogP contribution is -2.36. The summed E-state index contributed by atoms with van der Waals surface area (Å²) in [6.45, 7) is 3.93. The van der Waals surface area contributed by atoms with Crippen LogP contribution < -0.4 is 16.0 Å². The fraction of sp³-hybridized carbons (Fsp3) is 0.400. The van der Waals surface area contributed by atoms with Crippen LogP contribution in [-0.2, 0) is 4.79 Å². The highest BCUT2D eigenvalue weighted by molar-refractivity contribution is 5.97. The van der Waals surface area contributed by atoms with E-state index in [1.807, 2.05) is 0 Å². The minimum atomic E-state index is -0.229. The molecule has 1 aromatic rings. The molecule has 0 saturated carbocycles. The molecule has 1 heterocycles. The molecule has 1 saturated heterocycles. The van der Waals surface area contributed by atoms with Gasteiger partial charge >= 0.3 is 6.03 Å². The first-order valence-electron chi connectivity index (χ1n) is 7.31. The van der Waals surface area contributed by atoms with E-state index in [0.717, 1.165) is 0 Å². The normalized spacial score (nSPS) is 13.7. The molecule has 118 valence electrons. The zero-order valence-corrected chi connectivity index (χ0v) is 12.5. The van der Waals surface area contributed by atoms with Crippen molar-refractivity contribution in [1.29, 1.82) is 0 Å². The molecule has 0 aromatic heterocycles. The van der Waals surface area contributed by atoms with Gasteiger partial charge in [-0.25, -0.2) is 4.79 Å². The predicted molar refractivity (Wildman–Crippen MR) is 82.7 cm³/mol. The second kappa shape index (κ2) is 7.44. The summed E-state index contributed by atoms with van der Waals surface area (Å²) >= 11 is 0. The van der Waals surface area contributed by atoms with Crippen molar-refractivity contribution in [3.63, 3.8) is 0 Å². The summed E-state index contributed by atoms with van der Waals surface area (Å²) in [7, 11) is 0. The Balaban J connectivity index is 1.85. The van der Waals surface area contributed by atoms with Gasteiger partial charge in [-0.1, -0.05) is 13.0 Å². The van der Waals surface area contributed by atoms with Crippen molar-refractivity contribution in [2.75, 3.05) is 31.5 Å². The van der Waals surface area contributed by atoms with Crippen LogP contribution in [-0.4, -0.2) is 48.9 Å². The number of urea groups is 1. The number of nitrogens with one attached hydrogen (secondary N) is 3. The van der Waals surface area contributed by atoms with Gasteiger partial charge < -0.3 is 20.9 Å². The summed E-state index contributed by atoms with van der Waals surface area (Å²) in [5.74, 6) is -0.329. The average Bonchev–Trinajstić information content (AvgIpc) is 2.92. The molecule has 4 amide bonds. The highest BCUT2D eigenvalue weighted by Gasteiger charge is 2.18. The first kappa shape index (κ1) is 15.8. The van der Waals surface area contributed by atoms with E-state index in [9.17, 15) is 14.4 Å². The van der Waals surface area contributed by atoms with Gasteiger partial charge in [-0.15, -0.1) is 0 Å². The lowest BCUT2D eigenvalue weighted by Gasteiger charge is -2.14. The molecule has 7 nitrogen and oxygen atoms in total. The Labute approximate surface area is 129 Å². The first-order valence-corrected chi connectivity index (χ1v) is 7.31. The molecule has 1 aliphatic heterocycles. The van der Waals surface area contributed by atoms with Gasteiger partial charge in [0.15, 0.2) is 0 Å². The van der Waals surface area contributed by atoms with Crippen molar-refractivity contribution < 1.29 is 14.4 Å². The van der Waals surface area contributed by atoms with Crippen LogP contribution in [0.25, 0.3) is 0 Å². The fourth-order valence-electron chi connectivity index (χ4n) is 2.12. The van der Waals surface area contributed by atoms with Crippen LogP contribution >= 0.6 is 0 Å². The number of rotatable bonds is 6. The standard InChI is InChI=1S/C15H20N4O3/c1-2-13(20)18-12-5-3-4-11(10-12)14(21)16-6-8-19-9-7-17-15(19)22/h3-5,10H,2,6-9H2,1H3,(H,16,21)(H,17,22)(H,18,20). The Hall–Kier alpha value is -2.57. The number of carbonyl (C=O) groups is 3. The average molecular weight is 304 g/mol. The van der Waals surface area contributed by atoms with Gasteiger partial charge in [0.25, 0.3) is 5.91 Å². The third-order valence-electron chi connectivity index (χ3n) is 3.34. The summed E-state index contributed by atoms with van der Waals surface area (Å²) < 4.78 is 0. The molecule has 0 atom stereocenters. The second-order valence-corrected chi connectivity index (χ2v) is 4.96. The molecule has 7 heteroatoms. The Morgan fingerprint density at radius 3 is 2.86 bits per heavy atom. The highest BCUT2D eigenvalue weighted by Crippen LogP contribution is 2.11. The van der Waals surface area contributed by atoms with Gasteiger partial charge in [0.05, 0.1) is 0 Å². The minimum absolute atomic E-state index is 0.0986. The monoisotopic (exact) mass is 304 g/mol. The number of benzene rings is 1. The van der Waals surface area contributed by atoms with Gasteiger partial charge in [0.2, 0.25) is 5.91 Å². The molecule has 0 bridgehead atoms. The molecule has 0 radical (unpaired) electrons. The Bertz CT molecular complexity index is 574. The SMILES string of the molecule is CCC(=O)Nc1cccc(C(=O)NCCN2CCNC2=O)c1. The van der Waals surface area contributed by atoms with Crippen molar-refractivity contribution in [3.05, 3.63) is 29.8 Å². The van der Waals surface area contributed by atoms with E-state index in [2.05, 4.69) is 16.0 Å². The number of carbonyl (C=O) groups excluding carboxylic acids is 3. The number of hydrogen-bond acceptors (Lipinski definition) is 3. The molecule has 22 heavy (non-hydrogen) atoms. The van der Waals surface area contributed by atoms with Crippen LogP contribution in [0.15, 0.2) is 24.3 Å². The van der Waals surface area contributed by atoms with Gasteiger partial charge in [-0.05, 0) is 18.2 Å².